The van der Waals surface area contributed by atoms with Gasteiger partial charge in [0.1, 0.15) is 0 Å². The van der Waals surface area contributed by atoms with Crippen molar-refractivity contribution in [2.45, 2.75) is 19.0 Å². The SMILES string of the molecule is Cn1c(=O)c2c(nc(N[C@@H](CO)CCO)n2Cc2ccc(Cl)cc2)n(C)c1=O. The van der Waals surface area contributed by atoms with E-state index in [9.17, 15) is 19.8 Å². The van der Waals surface area contributed by atoms with Crippen molar-refractivity contribution < 1.29 is 10.2 Å². The summed E-state index contributed by atoms with van der Waals surface area (Å²) in [5.74, 6) is 0.329. The van der Waals surface area contributed by atoms with E-state index in [0.717, 1.165) is 10.1 Å². The minimum atomic E-state index is -0.478. The summed E-state index contributed by atoms with van der Waals surface area (Å²) in [5.41, 5.74) is 0.447. The lowest BCUT2D eigenvalue weighted by Gasteiger charge is -2.17. The molecule has 3 aromatic rings. The molecule has 0 spiro atoms. The summed E-state index contributed by atoms with van der Waals surface area (Å²) in [4.78, 5) is 29.5. The van der Waals surface area contributed by atoms with Crippen LogP contribution < -0.4 is 16.6 Å². The van der Waals surface area contributed by atoms with Crippen LogP contribution in [0.1, 0.15) is 12.0 Å². The Hall–Kier alpha value is -2.62. The molecule has 0 aliphatic heterocycles. The number of aliphatic hydroxyl groups excluding tert-OH is 2. The minimum absolute atomic E-state index is 0.115. The normalized spacial score (nSPS) is 12.5. The molecule has 3 rings (SSSR count). The number of imidazole rings is 1. The Balaban J connectivity index is 2.21. The van der Waals surface area contributed by atoms with Crippen molar-refractivity contribution in [2.24, 2.45) is 14.1 Å². The smallest absolute Gasteiger partial charge is 0.332 e. The molecule has 9 nitrogen and oxygen atoms in total. The lowest BCUT2D eigenvalue weighted by atomic mass is 10.2. The van der Waals surface area contributed by atoms with Crippen LogP contribution >= 0.6 is 11.6 Å². The Labute approximate surface area is 165 Å². The Morgan fingerprint density at radius 2 is 1.82 bits per heavy atom. The second-order valence-corrected chi connectivity index (χ2v) is 7.00. The van der Waals surface area contributed by atoms with Gasteiger partial charge >= 0.3 is 5.69 Å². The molecule has 0 radical (unpaired) electrons. The Morgan fingerprint density at radius 3 is 2.43 bits per heavy atom. The van der Waals surface area contributed by atoms with Crippen molar-refractivity contribution in [3.63, 3.8) is 0 Å². The van der Waals surface area contributed by atoms with Gasteiger partial charge in [-0.3, -0.25) is 18.5 Å². The second kappa shape index (κ2) is 8.17. The number of nitrogens with one attached hydrogen (secondary N) is 1. The molecule has 0 bridgehead atoms. The van der Waals surface area contributed by atoms with Gasteiger partial charge in [0.2, 0.25) is 5.95 Å². The average molecular weight is 408 g/mol. The lowest BCUT2D eigenvalue weighted by Crippen LogP contribution is -2.37. The second-order valence-electron chi connectivity index (χ2n) is 6.56. The monoisotopic (exact) mass is 407 g/mol. The molecule has 0 saturated heterocycles. The van der Waals surface area contributed by atoms with E-state index >= 15 is 0 Å². The zero-order valence-corrected chi connectivity index (χ0v) is 16.3. The first-order valence-electron chi connectivity index (χ1n) is 8.76. The maximum atomic E-state index is 12.8. The summed E-state index contributed by atoms with van der Waals surface area (Å²) < 4.78 is 4.00. The van der Waals surface area contributed by atoms with Crippen LogP contribution in [-0.4, -0.2) is 48.2 Å². The van der Waals surface area contributed by atoms with Gasteiger partial charge in [0, 0.05) is 25.7 Å². The van der Waals surface area contributed by atoms with Gasteiger partial charge in [-0.1, -0.05) is 23.7 Å². The third-order valence-electron chi connectivity index (χ3n) is 4.63. The zero-order chi connectivity index (χ0) is 20.4. The number of aliphatic hydroxyl groups is 2. The lowest BCUT2D eigenvalue weighted by molar-refractivity contribution is 0.228. The van der Waals surface area contributed by atoms with E-state index in [2.05, 4.69) is 10.3 Å². The summed E-state index contributed by atoms with van der Waals surface area (Å²) in [7, 11) is 2.96. The molecule has 0 aliphatic rings. The fraction of sp³-hybridized carbons (Fsp3) is 0.389. The molecule has 2 aromatic heterocycles. The van der Waals surface area contributed by atoms with E-state index < -0.39 is 17.3 Å². The molecule has 1 atom stereocenters. The molecule has 1 aromatic carbocycles. The first kappa shape index (κ1) is 20.1. The average Bonchev–Trinajstić information content (AvgIpc) is 3.04. The number of rotatable bonds is 7. The van der Waals surface area contributed by atoms with Crippen LogP contribution in [0.4, 0.5) is 5.95 Å². The number of hydrogen-bond donors (Lipinski definition) is 3. The van der Waals surface area contributed by atoms with Gasteiger partial charge < -0.3 is 15.5 Å². The standard InChI is InChI=1S/C18H22ClN5O4/c1-22-15-14(16(27)23(2)18(22)28)24(9-11-3-5-12(19)6-4-11)17(21-15)20-13(10-26)7-8-25/h3-6,13,25-26H,7-10H2,1-2H3,(H,20,21)/t13-/m1/s1. The van der Waals surface area contributed by atoms with E-state index in [1.165, 1.54) is 11.6 Å². The first-order chi connectivity index (χ1) is 13.4. The van der Waals surface area contributed by atoms with Crippen molar-refractivity contribution >= 4 is 28.7 Å². The maximum absolute atomic E-state index is 12.8. The van der Waals surface area contributed by atoms with Gasteiger partial charge in [-0.05, 0) is 24.1 Å². The predicted molar refractivity (Wildman–Crippen MR) is 107 cm³/mol. The number of benzene rings is 1. The number of hydrogen-bond acceptors (Lipinski definition) is 6. The molecule has 0 aliphatic carbocycles. The summed E-state index contributed by atoms with van der Waals surface area (Å²) >= 11 is 5.95. The highest BCUT2D eigenvalue weighted by Crippen LogP contribution is 2.20. The van der Waals surface area contributed by atoms with Gasteiger partial charge in [-0.2, -0.15) is 4.98 Å². The fourth-order valence-electron chi connectivity index (χ4n) is 3.03. The van der Waals surface area contributed by atoms with Crippen LogP contribution in [0.5, 0.6) is 0 Å². The largest absolute Gasteiger partial charge is 0.396 e. The summed E-state index contributed by atoms with van der Waals surface area (Å²) in [6.07, 6.45) is 0.303. The molecule has 0 amide bonds. The molecule has 10 heteroatoms. The van der Waals surface area contributed by atoms with Gasteiger partial charge in [-0.25, -0.2) is 4.79 Å². The third-order valence-corrected chi connectivity index (χ3v) is 4.89. The molecule has 28 heavy (non-hydrogen) atoms. The minimum Gasteiger partial charge on any atom is -0.396 e. The summed E-state index contributed by atoms with van der Waals surface area (Å²) in [6, 6.07) is 6.72. The van der Waals surface area contributed by atoms with Crippen LogP contribution in [0.15, 0.2) is 33.9 Å². The number of nitrogens with zero attached hydrogens (tertiary/aromatic N) is 4. The van der Waals surface area contributed by atoms with Gasteiger partial charge in [0.25, 0.3) is 5.56 Å². The van der Waals surface area contributed by atoms with Gasteiger partial charge in [-0.15, -0.1) is 0 Å². The van der Waals surface area contributed by atoms with E-state index in [0.29, 0.717) is 23.9 Å². The molecule has 0 saturated carbocycles. The van der Waals surface area contributed by atoms with Crippen molar-refractivity contribution in [3.05, 3.63) is 55.7 Å². The van der Waals surface area contributed by atoms with Gasteiger partial charge in [0.15, 0.2) is 11.2 Å². The maximum Gasteiger partial charge on any atom is 0.332 e. The number of halogens is 1. The fourth-order valence-corrected chi connectivity index (χ4v) is 3.16. The quantitative estimate of drug-likeness (QED) is 0.518. The number of anilines is 1. The van der Waals surface area contributed by atoms with Crippen LogP contribution in [0.3, 0.4) is 0 Å². The van der Waals surface area contributed by atoms with Crippen LogP contribution in [-0.2, 0) is 20.6 Å². The first-order valence-corrected chi connectivity index (χ1v) is 9.14. The van der Waals surface area contributed by atoms with Crippen molar-refractivity contribution in [1.82, 2.24) is 18.7 Å². The highest BCUT2D eigenvalue weighted by molar-refractivity contribution is 6.30. The molecule has 3 N–H and O–H groups in total. The van der Waals surface area contributed by atoms with Crippen LogP contribution in [0.2, 0.25) is 5.02 Å². The van der Waals surface area contributed by atoms with Crippen LogP contribution in [0, 0.1) is 0 Å². The highest BCUT2D eigenvalue weighted by Gasteiger charge is 2.21. The van der Waals surface area contributed by atoms with E-state index in [1.54, 1.807) is 23.7 Å². The molecule has 2 heterocycles. The Bertz CT molecular complexity index is 1100. The molecular weight excluding hydrogens is 386 g/mol. The van der Waals surface area contributed by atoms with Crippen molar-refractivity contribution in [2.75, 3.05) is 18.5 Å². The molecule has 0 unspecified atom stereocenters. The predicted octanol–water partition coefficient (Wildman–Crippen LogP) is 0.291. The van der Waals surface area contributed by atoms with E-state index in [4.69, 9.17) is 11.6 Å². The molecule has 150 valence electrons. The van der Waals surface area contributed by atoms with Crippen LogP contribution in [0.25, 0.3) is 11.2 Å². The molecular formula is C18H22ClN5O4. The molecule has 0 fully saturated rings. The number of aryl methyl sites for hydroxylation is 1. The third kappa shape index (κ3) is 3.68. The zero-order valence-electron chi connectivity index (χ0n) is 15.6. The Kier molecular flexibility index (Phi) is 5.87. The van der Waals surface area contributed by atoms with Crippen molar-refractivity contribution in [3.8, 4) is 0 Å². The van der Waals surface area contributed by atoms with Crippen molar-refractivity contribution in [1.29, 1.82) is 0 Å². The van der Waals surface area contributed by atoms with Gasteiger partial charge in [0.05, 0.1) is 19.2 Å². The topological polar surface area (TPSA) is 114 Å². The highest BCUT2D eigenvalue weighted by atomic mass is 35.5. The number of aromatic nitrogens is 4. The summed E-state index contributed by atoms with van der Waals surface area (Å²) in [6.45, 7) is -0.0295. The van der Waals surface area contributed by atoms with E-state index in [-0.39, 0.29) is 24.4 Å². The number of fused-ring (bicyclic) bond motifs is 1. The summed E-state index contributed by atoms with van der Waals surface area (Å²) in [5, 5.41) is 22.4. The van der Waals surface area contributed by atoms with E-state index in [1.807, 2.05) is 12.1 Å². The Morgan fingerprint density at radius 1 is 1.14 bits per heavy atom.